The number of anilines is 2. The molecule has 2 fully saturated rings. The van der Waals surface area contributed by atoms with Crippen LogP contribution >= 0.6 is 0 Å². The first kappa shape index (κ1) is 17.9. The summed E-state index contributed by atoms with van der Waals surface area (Å²) in [6.45, 7) is 6.61. The van der Waals surface area contributed by atoms with Gasteiger partial charge in [0.1, 0.15) is 11.5 Å². The van der Waals surface area contributed by atoms with Crippen LogP contribution in [0, 0.1) is 13.8 Å². The number of aryl methyl sites for hydroxylation is 2. The van der Waals surface area contributed by atoms with E-state index in [1.54, 1.807) is 11.1 Å². The number of benzene rings is 1. The number of rotatable bonds is 3. The SMILES string of the molecule is Cc1ccc(Nc2cnc(C(=O)N3CCC4(CC3)OCCO4)cn2)cc1C. The van der Waals surface area contributed by atoms with Gasteiger partial charge < -0.3 is 19.7 Å². The van der Waals surface area contributed by atoms with E-state index in [0.29, 0.717) is 50.7 Å². The molecule has 0 aliphatic carbocycles. The predicted molar refractivity (Wildman–Crippen MR) is 101 cm³/mol. The average Bonchev–Trinajstić information content (AvgIpc) is 3.13. The van der Waals surface area contributed by atoms with Crippen molar-refractivity contribution in [2.45, 2.75) is 32.5 Å². The molecule has 7 heteroatoms. The zero-order valence-electron chi connectivity index (χ0n) is 15.7. The number of ether oxygens (including phenoxy) is 2. The van der Waals surface area contributed by atoms with Crippen molar-refractivity contribution in [1.29, 1.82) is 0 Å². The molecule has 4 rings (SSSR count). The van der Waals surface area contributed by atoms with Gasteiger partial charge in [0.2, 0.25) is 0 Å². The lowest BCUT2D eigenvalue weighted by atomic mass is 10.0. The lowest BCUT2D eigenvalue weighted by Crippen LogP contribution is -2.47. The summed E-state index contributed by atoms with van der Waals surface area (Å²) in [6, 6.07) is 6.12. The Morgan fingerprint density at radius 1 is 1.07 bits per heavy atom. The minimum atomic E-state index is -0.484. The van der Waals surface area contributed by atoms with E-state index in [1.165, 1.54) is 17.3 Å². The number of carbonyl (C=O) groups is 1. The van der Waals surface area contributed by atoms with Crippen molar-refractivity contribution in [3.8, 4) is 0 Å². The smallest absolute Gasteiger partial charge is 0.274 e. The Morgan fingerprint density at radius 2 is 1.81 bits per heavy atom. The number of piperidine rings is 1. The van der Waals surface area contributed by atoms with Gasteiger partial charge in [-0.25, -0.2) is 9.97 Å². The standard InChI is InChI=1S/C20H24N4O3/c1-14-3-4-16(11-15(14)2)23-18-13-21-17(12-22-18)19(25)24-7-5-20(6-8-24)26-9-10-27-20/h3-4,11-13H,5-10H2,1-2H3,(H,22,23). The summed E-state index contributed by atoms with van der Waals surface area (Å²) in [5.41, 5.74) is 3.75. The highest BCUT2D eigenvalue weighted by Crippen LogP contribution is 2.31. The second-order valence-electron chi connectivity index (χ2n) is 7.11. The number of aromatic nitrogens is 2. The molecule has 1 aromatic heterocycles. The van der Waals surface area contributed by atoms with Crippen LogP contribution < -0.4 is 5.32 Å². The Morgan fingerprint density at radius 3 is 2.44 bits per heavy atom. The van der Waals surface area contributed by atoms with E-state index in [0.717, 1.165) is 5.69 Å². The van der Waals surface area contributed by atoms with E-state index in [-0.39, 0.29) is 5.91 Å². The molecule has 2 aliphatic heterocycles. The largest absolute Gasteiger partial charge is 0.347 e. The Balaban J connectivity index is 1.38. The average molecular weight is 368 g/mol. The fraction of sp³-hybridized carbons (Fsp3) is 0.450. The topological polar surface area (TPSA) is 76.6 Å². The maximum atomic E-state index is 12.7. The Hall–Kier alpha value is -2.51. The molecule has 0 atom stereocenters. The van der Waals surface area contributed by atoms with Crippen molar-refractivity contribution in [1.82, 2.24) is 14.9 Å². The number of carbonyl (C=O) groups excluding carboxylic acids is 1. The molecule has 27 heavy (non-hydrogen) atoms. The number of nitrogens with one attached hydrogen (secondary N) is 1. The third-order valence-corrected chi connectivity index (χ3v) is 5.28. The van der Waals surface area contributed by atoms with E-state index in [9.17, 15) is 4.79 Å². The van der Waals surface area contributed by atoms with Gasteiger partial charge in [-0.1, -0.05) is 6.07 Å². The lowest BCUT2D eigenvalue weighted by Gasteiger charge is -2.37. The highest BCUT2D eigenvalue weighted by molar-refractivity contribution is 5.92. The molecule has 2 saturated heterocycles. The third kappa shape index (κ3) is 3.79. The second kappa shape index (κ2) is 7.25. The van der Waals surface area contributed by atoms with Crippen molar-refractivity contribution >= 4 is 17.4 Å². The molecule has 2 aliphatic rings. The van der Waals surface area contributed by atoms with Crippen LogP contribution in [0.4, 0.5) is 11.5 Å². The van der Waals surface area contributed by atoms with E-state index in [2.05, 4.69) is 41.3 Å². The summed E-state index contributed by atoms with van der Waals surface area (Å²) in [5, 5.41) is 3.22. The number of likely N-dealkylation sites (tertiary alicyclic amines) is 1. The van der Waals surface area contributed by atoms with E-state index < -0.39 is 5.79 Å². The van der Waals surface area contributed by atoms with Gasteiger partial charge in [-0.05, 0) is 37.1 Å². The van der Waals surface area contributed by atoms with Gasteiger partial charge in [-0.3, -0.25) is 4.79 Å². The maximum absolute atomic E-state index is 12.7. The quantitative estimate of drug-likeness (QED) is 0.898. The summed E-state index contributed by atoms with van der Waals surface area (Å²) >= 11 is 0. The first-order valence-corrected chi connectivity index (χ1v) is 9.28. The Kier molecular flexibility index (Phi) is 4.80. The normalized spacial score (nSPS) is 18.7. The first-order valence-electron chi connectivity index (χ1n) is 9.28. The van der Waals surface area contributed by atoms with Gasteiger partial charge in [-0.15, -0.1) is 0 Å². The predicted octanol–water partition coefficient (Wildman–Crippen LogP) is 2.82. The third-order valence-electron chi connectivity index (χ3n) is 5.28. The molecule has 0 unspecified atom stereocenters. The van der Waals surface area contributed by atoms with Crippen LogP contribution in [0.5, 0.6) is 0 Å². The summed E-state index contributed by atoms with van der Waals surface area (Å²) in [4.78, 5) is 23.1. The molecule has 2 aromatic rings. The molecule has 1 N–H and O–H groups in total. The fourth-order valence-electron chi connectivity index (χ4n) is 3.47. The van der Waals surface area contributed by atoms with Crippen LogP contribution in [0.25, 0.3) is 0 Å². The van der Waals surface area contributed by atoms with E-state index in [1.807, 2.05) is 6.07 Å². The summed E-state index contributed by atoms with van der Waals surface area (Å²) in [6.07, 6.45) is 4.51. The van der Waals surface area contributed by atoms with Crippen molar-refractivity contribution in [2.24, 2.45) is 0 Å². The van der Waals surface area contributed by atoms with Gasteiger partial charge in [0, 0.05) is 31.6 Å². The molecule has 7 nitrogen and oxygen atoms in total. The molecular weight excluding hydrogens is 344 g/mol. The van der Waals surface area contributed by atoms with E-state index in [4.69, 9.17) is 9.47 Å². The van der Waals surface area contributed by atoms with Gasteiger partial charge in [0.05, 0.1) is 25.6 Å². The van der Waals surface area contributed by atoms with Crippen LogP contribution in [-0.4, -0.2) is 52.9 Å². The van der Waals surface area contributed by atoms with E-state index >= 15 is 0 Å². The van der Waals surface area contributed by atoms with Crippen LogP contribution in [0.1, 0.15) is 34.5 Å². The number of nitrogens with zero attached hydrogens (tertiary/aromatic N) is 3. The van der Waals surface area contributed by atoms with Gasteiger partial charge in [-0.2, -0.15) is 0 Å². The Bertz CT molecular complexity index is 822. The number of amides is 1. The molecule has 0 bridgehead atoms. The zero-order valence-corrected chi connectivity index (χ0v) is 15.7. The van der Waals surface area contributed by atoms with Crippen LogP contribution in [0.2, 0.25) is 0 Å². The van der Waals surface area contributed by atoms with Crippen molar-refractivity contribution in [2.75, 3.05) is 31.6 Å². The highest BCUT2D eigenvalue weighted by Gasteiger charge is 2.41. The minimum absolute atomic E-state index is 0.104. The molecule has 1 amide bonds. The number of hydrogen-bond acceptors (Lipinski definition) is 6. The molecule has 3 heterocycles. The monoisotopic (exact) mass is 368 g/mol. The molecule has 1 aromatic carbocycles. The molecule has 0 saturated carbocycles. The number of hydrogen-bond donors (Lipinski definition) is 1. The van der Waals surface area contributed by atoms with Crippen molar-refractivity contribution in [3.63, 3.8) is 0 Å². The van der Waals surface area contributed by atoms with Gasteiger partial charge in [0.15, 0.2) is 5.79 Å². The van der Waals surface area contributed by atoms with Gasteiger partial charge in [0.25, 0.3) is 5.91 Å². The minimum Gasteiger partial charge on any atom is -0.347 e. The van der Waals surface area contributed by atoms with Gasteiger partial charge >= 0.3 is 0 Å². The van der Waals surface area contributed by atoms with Crippen molar-refractivity contribution in [3.05, 3.63) is 47.4 Å². The molecule has 142 valence electrons. The second-order valence-corrected chi connectivity index (χ2v) is 7.11. The first-order chi connectivity index (χ1) is 13.0. The zero-order chi connectivity index (χ0) is 18.9. The summed E-state index contributed by atoms with van der Waals surface area (Å²) < 4.78 is 11.4. The summed E-state index contributed by atoms with van der Waals surface area (Å²) in [7, 11) is 0. The van der Waals surface area contributed by atoms with Crippen molar-refractivity contribution < 1.29 is 14.3 Å². The Labute approximate surface area is 158 Å². The summed E-state index contributed by atoms with van der Waals surface area (Å²) in [5.74, 6) is 0.0239. The highest BCUT2D eigenvalue weighted by atomic mass is 16.7. The maximum Gasteiger partial charge on any atom is 0.274 e. The molecule has 0 radical (unpaired) electrons. The van der Waals surface area contributed by atoms with Crippen LogP contribution in [0.3, 0.4) is 0 Å². The van der Waals surface area contributed by atoms with Crippen LogP contribution in [-0.2, 0) is 9.47 Å². The lowest BCUT2D eigenvalue weighted by molar-refractivity contribution is -0.181. The fourth-order valence-corrected chi connectivity index (χ4v) is 3.47. The van der Waals surface area contributed by atoms with Crippen LogP contribution in [0.15, 0.2) is 30.6 Å². The molecular formula is C20H24N4O3. The molecule has 1 spiro atoms.